The van der Waals surface area contributed by atoms with Gasteiger partial charge in [-0.1, -0.05) is 30.3 Å². The number of para-hydroxylation sites is 3. The molecule has 0 atom stereocenters. The number of hydrogen-bond acceptors (Lipinski definition) is 4. The van der Waals surface area contributed by atoms with Crippen molar-refractivity contribution in [2.75, 3.05) is 32.1 Å². The molecule has 0 saturated carbocycles. The molecule has 4 rings (SSSR count). The Hall–Kier alpha value is -4.00. The van der Waals surface area contributed by atoms with E-state index >= 15 is 0 Å². The molecule has 1 heterocycles. The van der Waals surface area contributed by atoms with Crippen LogP contribution in [0.1, 0.15) is 23.2 Å². The topological polar surface area (TPSA) is 79.9 Å². The van der Waals surface area contributed by atoms with Crippen LogP contribution in [0, 0.1) is 5.92 Å². The molecule has 3 aromatic carbocycles. The van der Waals surface area contributed by atoms with Crippen LogP contribution in [0.3, 0.4) is 0 Å². The van der Waals surface area contributed by atoms with Crippen molar-refractivity contribution >= 4 is 17.6 Å². The third-order valence-electron chi connectivity index (χ3n) is 5.90. The summed E-state index contributed by atoms with van der Waals surface area (Å²) in [6.07, 6.45) is 1.67. The maximum Gasteiger partial charge on any atom is 0.321 e. The zero-order chi connectivity index (χ0) is 23.8. The second-order valence-electron chi connectivity index (χ2n) is 8.21. The Morgan fingerprint density at radius 1 is 0.882 bits per heavy atom. The van der Waals surface area contributed by atoms with Crippen LogP contribution in [0.15, 0.2) is 78.9 Å². The van der Waals surface area contributed by atoms with Crippen molar-refractivity contribution < 1.29 is 19.1 Å². The first kappa shape index (κ1) is 23.2. The predicted molar refractivity (Wildman–Crippen MR) is 132 cm³/mol. The first-order valence-corrected chi connectivity index (χ1v) is 11.4. The number of urea groups is 1. The molecule has 7 heteroatoms. The Morgan fingerprint density at radius 3 is 2.24 bits per heavy atom. The molecule has 0 bridgehead atoms. The highest BCUT2D eigenvalue weighted by atomic mass is 16.5. The average Bonchev–Trinajstić information content (AvgIpc) is 2.89. The summed E-state index contributed by atoms with van der Waals surface area (Å²) in [5, 5.41) is 5.94. The van der Waals surface area contributed by atoms with Crippen LogP contribution in [0.2, 0.25) is 0 Å². The van der Waals surface area contributed by atoms with Gasteiger partial charge in [0.05, 0.1) is 12.8 Å². The predicted octanol–water partition coefficient (Wildman–Crippen LogP) is 5.16. The van der Waals surface area contributed by atoms with E-state index in [0.29, 0.717) is 48.3 Å². The zero-order valence-corrected chi connectivity index (χ0v) is 19.2. The van der Waals surface area contributed by atoms with Gasteiger partial charge in [0.2, 0.25) is 0 Å². The van der Waals surface area contributed by atoms with Crippen LogP contribution in [-0.4, -0.2) is 43.6 Å². The Morgan fingerprint density at radius 2 is 1.53 bits per heavy atom. The molecule has 7 nitrogen and oxygen atoms in total. The van der Waals surface area contributed by atoms with E-state index in [1.807, 2.05) is 54.6 Å². The minimum atomic E-state index is -0.134. The van der Waals surface area contributed by atoms with E-state index in [1.54, 1.807) is 36.3 Å². The average molecular weight is 460 g/mol. The minimum absolute atomic E-state index is 0.109. The lowest BCUT2D eigenvalue weighted by atomic mass is 9.97. The molecule has 34 heavy (non-hydrogen) atoms. The lowest BCUT2D eigenvalue weighted by Gasteiger charge is -2.32. The van der Waals surface area contributed by atoms with Crippen molar-refractivity contribution in [2.24, 2.45) is 5.92 Å². The number of likely N-dealkylation sites (tertiary alicyclic amines) is 1. The second kappa shape index (κ2) is 11.2. The highest BCUT2D eigenvalue weighted by Crippen LogP contribution is 2.25. The van der Waals surface area contributed by atoms with Gasteiger partial charge in [-0.3, -0.25) is 4.79 Å². The fourth-order valence-electron chi connectivity index (χ4n) is 3.92. The van der Waals surface area contributed by atoms with Gasteiger partial charge >= 0.3 is 6.03 Å². The standard InChI is InChI=1S/C27H29N3O4/c1-33-25-10-6-5-9-24(25)29-27(32)30-17-15-20(16-18-30)19-28-26(31)21-11-13-23(14-12-21)34-22-7-3-2-4-8-22/h2-14,20H,15-19H2,1H3,(H,28,31)(H,29,32). The summed E-state index contributed by atoms with van der Waals surface area (Å²) < 4.78 is 11.1. The van der Waals surface area contributed by atoms with E-state index in [0.717, 1.165) is 18.6 Å². The maximum absolute atomic E-state index is 12.6. The summed E-state index contributed by atoms with van der Waals surface area (Å²) in [7, 11) is 1.58. The third-order valence-corrected chi connectivity index (χ3v) is 5.90. The number of rotatable bonds is 7. The van der Waals surface area contributed by atoms with E-state index in [9.17, 15) is 9.59 Å². The molecule has 2 N–H and O–H groups in total. The molecule has 0 radical (unpaired) electrons. The SMILES string of the molecule is COc1ccccc1NC(=O)N1CCC(CNC(=O)c2ccc(Oc3ccccc3)cc2)CC1. The normalized spacial score (nSPS) is 13.7. The van der Waals surface area contributed by atoms with Gasteiger partial charge in [0.1, 0.15) is 17.2 Å². The van der Waals surface area contributed by atoms with Crippen molar-refractivity contribution in [3.8, 4) is 17.2 Å². The maximum atomic E-state index is 12.6. The number of benzene rings is 3. The fourth-order valence-corrected chi connectivity index (χ4v) is 3.92. The van der Waals surface area contributed by atoms with Crippen LogP contribution in [0.25, 0.3) is 0 Å². The summed E-state index contributed by atoms with van der Waals surface area (Å²) >= 11 is 0. The monoisotopic (exact) mass is 459 g/mol. The Balaban J connectivity index is 1.21. The van der Waals surface area contributed by atoms with E-state index in [1.165, 1.54) is 0 Å². The summed E-state index contributed by atoms with van der Waals surface area (Å²) in [4.78, 5) is 27.0. The van der Waals surface area contributed by atoms with Gasteiger partial charge in [-0.15, -0.1) is 0 Å². The van der Waals surface area contributed by atoms with Crippen LogP contribution in [0.5, 0.6) is 17.2 Å². The molecule has 0 aliphatic carbocycles. The van der Waals surface area contributed by atoms with Gasteiger partial charge in [0.25, 0.3) is 5.91 Å². The van der Waals surface area contributed by atoms with E-state index in [4.69, 9.17) is 9.47 Å². The molecule has 3 amide bonds. The van der Waals surface area contributed by atoms with Gasteiger partial charge < -0.3 is 25.0 Å². The van der Waals surface area contributed by atoms with E-state index in [2.05, 4.69) is 10.6 Å². The minimum Gasteiger partial charge on any atom is -0.495 e. The molecule has 3 aromatic rings. The number of methoxy groups -OCH3 is 1. The van der Waals surface area contributed by atoms with Crippen LogP contribution < -0.4 is 20.1 Å². The fraction of sp³-hybridized carbons (Fsp3) is 0.259. The summed E-state index contributed by atoms with van der Waals surface area (Å²) in [5.41, 5.74) is 1.25. The first-order chi connectivity index (χ1) is 16.6. The number of nitrogens with one attached hydrogen (secondary N) is 2. The molecular formula is C27H29N3O4. The number of hydrogen-bond donors (Lipinski definition) is 2. The summed E-state index contributed by atoms with van der Waals surface area (Å²) in [6.45, 7) is 1.88. The number of anilines is 1. The van der Waals surface area contributed by atoms with Crippen LogP contribution in [-0.2, 0) is 0 Å². The van der Waals surface area contributed by atoms with Crippen molar-refractivity contribution in [3.05, 3.63) is 84.4 Å². The van der Waals surface area contributed by atoms with Gasteiger partial charge in [0.15, 0.2) is 0 Å². The highest BCUT2D eigenvalue weighted by Gasteiger charge is 2.24. The summed E-state index contributed by atoms with van der Waals surface area (Å²) in [5.74, 6) is 2.29. The lowest BCUT2D eigenvalue weighted by molar-refractivity contribution is 0.0938. The molecule has 0 unspecified atom stereocenters. The first-order valence-electron chi connectivity index (χ1n) is 11.4. The number of piperidine rings is 1. The molecule has 0 aromatic heterocycles. The number of nitrogens with zero attached hydrogens (tertiary/aromatic N) is 1. The molecule has 0 spiro atoms. The van der Waals surface area contributed by atoms with Crippen LogP contribution >= 0.6 is 0 Å². The molecule has 1 aliphatic rings. The molecular weight excluding hydrogens is 430 g/mol. The van der Waals surface area contributed by atoms with Gasteiger partial charge in [-0.25, -0.2) is 4.79 Å². The van der Waals surface area contributed by atoms with Crippen molar-refractivity contribution in [3.63, 3.8) is 0 Å². The Labute approximate surface area is 199 Å². The number of carbonyl (C=O) groups excluding carboxylic acids is 2. The quantitative estimate of drug-likeness (QED) is 0.511. The van der Waals surface area contributed by atoms with E-state index in [-0.39, 0.29) is 11.9 Å². The van der Waals surface area contributed by atoms with Crippen LogP contribution in [0.4, 0.5) is 10.5 Å². The third kappa shape index (κ3) is 6.07. The Kier molecular flexibility index (Phi) is 7.65. The summed E-state index contributed by atoms with van der Waals surface area (Å²) in [6, 6.07) is 23.8. The van der Waals surface area contributed by atoms with Crippen molar-refractivity contribution in [1.29, 1.82) is 0 Å². The largest absolute Gasteiger partial charge is 0.495 e. The molecule has 176 valence electrons. The zero-order valence-electron chi connectivity index (χ0n) is 19.2. The van der Waals surface area contributed by atoms with Gasteiger partial charge in [0, 0.05) is 25.2 Å². The molecule has 1 saturated heterocycles. The molecule has 1 fully saturated rings. The van der Waals surface area contributed by atoms with E-state index < -0.39 is 0 Å². The van der Waals surface area contributed by atoms with Gasteiger partial charge in [-0.05, 0) is 67.3 Å². The number of carbonyl (C=O) groups is 2. The number of amides is 3. The highest BCUT2D eigenvalue weighted by molar-refractivity contribution is 5.94. The Bertz CT molecular complexity index is 1090. The molecule has 1 aliphatic heterocycles. The van der Waals surface area contributed by atoms with Crippen molar-refractivity contribution in [2.45, 2.75) is 12.8 Å². The van der Waals surface area contributed by atoms with Gasteiger partial charge in [-0.2, -0.15) is 0 Å². The second-order valence-corrected chi connectivity index (χ2v) is 8.21. The number of ether oxygens (including phenoxy) is 2. The lowest BCUT2D eigenvalue weighted by Crippen LogP contribution is -2.43. The van der Waals surface area contributed by atoms with Crippen molar-refractivity contribution in [1.82, 2.24) is 10.2 Å². The smallest absolute Gasteiger partial charge is 0.321 e.